The van der Waals surface area contributed by atoms with E-state index in [1.165, 1.54) is 18.7 Å². The maximum absolute atomic E-state index is 12.8. The van der Waals surface area contributed by atoms with Crippen LogP contribution in [0.1, 0.15) is 29.8 Å². The fourth-order valence-electron chi connectivity index (χ4n) is 2.74. The number of nitrogens with zero attached hydrogens (tertiary/aromatic N) is 3. The van der Waals surface area contributed by atoms with Gasteiger partial charge in [-0.1, -0.05) is 54.2 Å². The van der Waals surface area contributed by atoms with Crippen LogP contribution in [0.2, 0.25) is 0 Å². The van der Waals surface area contributed by atoms with Gasteiger partial charge in [0.2, 0.25) is 5.91 Å². The molecule has 28 heavy (non-hydrogen) atoms. The number of para-hydroxylation sites is 1. The van der Waals surface area contributed by atoms with E-state index in [4.69, 9.17) is 0 Å². The number of carbonyl (C=O) groups excluding carboxylic acids is 2. The molecule has 0 saturated heterocycles. The summed E-state index contributed by atoms with van der Waals surface area (Å²) in [6, 6.07) is 17.3. The summed E-state index contributed by atoms with van der Waals surface area (Å²) in [4.78, 5) is 23.7. The minimum Gasteiger partial charge on any atom is -0.356 e. The predicted octanol–water partition coefficient (Wildman–Crippen LogP) is 3.31. The van der Waals surface area contributed by atoms with E-state index in [0.717, 1.165) is 17.7 Å². The average Bonchev–Trinajstić information content (AvgIpc) is 3.16. The molecule has 3 aromatic rings. The summed E-state index contributed by atoms with van der Waals surface area (Å²) in [5.74, 6) is 0.00187. The molecule has 0 aliphatic rings. The summed E-state index contributed by atoms with van der Waals surface area (Å²) < 4.78 is 1.87. The first kappa shape index (κ1) is 19.8. The number of amides is 1. The third-order valence-electron chi connectivity index (χ3n) is 4.23. The zero-order chi connectivity index (χ0) is 19.9. The number of rotatable bonds is 8. The molecule has 2 aromatic carbocycles. The SMILES string of the molecule is CC(=O)NCCc1ccc(C(=O)C(C)Sc2nncn2-c2ccccc2)cc1. The van der Waals surface area contributed by atoms with Gasteiger partial charge in [-0.2, -0.15) is 0 Å². The zero-order valence-electron chi connectivity index (χ0n) is 15.8. The van der Waals surface area contributed by atoms with Crippen LogP contribution in [0.25, 0.3) is 5.69 Å². The summed E-state index contributed by atoms with van der Waals surface area (Å²) in [5, 5.41) is 11.3. The lowest BCUT2D eigenvalue weighted by Crippen LogP contribution is -2.22. The maximum atomic E-state index is 12.8. The van der Waals surface area contributed by atoms with Gasteiger partial charge in [-0.15, -0.1) is 10.2 Å². The van der Waals surface area contributed by atoms with Crippen LogP contribution in [0, 0.1) is 0 Å². The fraction of sp³-hybridized carbons (Fsp3) is 0.238. The van der Waals surface area contributed by atoms with E-state index in [0.29, 0.717) is 17.3 Å². The third-order valence-corrected chi connectivity index (χ3v) is 5.29. The van der Waals surface area contributed by atoms with E-state index in [-0.39, 0.29) is 16.9 Å². The Hall–Kier alpha value is -2.93. The normalized spacial score (nSPS) is 11.8. The van der Waals surface area contributed by atoms with Crippen LogP contribution in [-0.4, -0.2) is 38.2 Å². The highest BCUT2D eigenvalue weighted by Gasteiger charge is 2.19. The molecular weight excluding hydrogens is 372 g/mol. The smallest absolute Gasteiger partial charge is 0.216 e. The molecule has 144 valence electrons. The lowest BCUT2D eigenvalue weighted by molar-refractivity contribution is -0.118. The quantitative estimate of drug-likeness (QED) is 0.469. The van der Waals surface area contributed by atoms with Gasteiger partial charge in [0.1, 0.15) is 6.33 Å². The Balaban J connectivity index is 1.64. The largest absolute Gasteiger partial charge is 0.356 e. The Morgan fingerprint density at radius 2 is 1.82 bits per heavy atom. The van der Waals surface area contributed by atoms with E-state index < -0.39 is 0 Å². The van der Waals surface area contributed by atoms with Crippen molar-refractivity contribution in [2.24, 2.45) is 0 Å². The summed E-state index contributed by atoms with van der Waals surface area (Å²) >= 11 is 1.39. The minimum absolute atomic E-state index is 0.0407. The van der Waals surface area contributed by atoms with Crippen molar-refractivity contribution in [3.63, 3.8) is 0 Å². The van der Waals surface area contributed by atoms with E-state index in [1.54, 1.807) is 6.33 Å². The highest BCUT2D eigenvalue weighted by atomic mass is 32.2. The molecule has 1 heterocycles. The van der Waals surface area contributed by atoms with Gasteiger partial charge in [0.05, 0.1) is 5.25 Å². The molecule has 1 unspecified atom stereocenters. The molecular formula is C21H22N4O2S. The van der Waals surface area contributed by atoms with Gasteiger partial charge < -0.3 is 5.32 Å². The van der Waals surface area contributed by atoms with Gasteiger partial charge >= 0.3 is 0 Å². The topological polar surface area (TPSA) is 76.9 Å². The first-order valence-electron chi connectivity index (χ1n) is 9.04. The lowest BCUT2D eigenvalue weighted by atomic mass is 10.0. The molecule has 0 spiro atoms. The van der Waals surface area contributed by atoms with E-state index in [1.807, 2.05) is 66.1 Å². The van der Waals surface area contributed by atoms with Gasteiger partial charge in [0, 0.05) is 24.7 Å². The first-order chi connectivity index (χ1) is 13.5. The maximum Gasteiger partial charge on any atom is 0.216 e. The van der Waals surface area contributed by atoms with Crippen molar-refractivity contribution in [1.82, 2.24) is 20.1 Å². The van der Waals surface area contributed by atoms with Crippen molar-refractivity contribution in [2.45, 2.75) is 30.7 Å². The van der Waals surface area contributed by atoms with Gasteiger partial charge in [-0.05, 0) is 31.0 Å². The van der Waals surface area contributed by atoms with Crippen molar-refractivity contribution in [3.8, 4) is 5.69 Å². The van der Waals surface area contributed by atoms with Crippen LogP contribution in [0.5, 0.6) is 0 Å². The lowest BCUT2D eigenvalue weighted by Gasteiger charge is -2.11. The first-order valence-corrected chi connectivity index (χ1v) is 9.92. The van der Waals surface area contributed by atoms with Crippen LogP contribution in [0.3, 0.4) is 0 Å². The number of carbonyl (C=O) groups is 2. The molecule has 0 radical (unpaired) electrons. The van der Waals surface area contributed by atoms with Crippen LogP contribution < -0.4 is 5.32 Å². The molecule has 0 bridgehead atoms. The number of thioether (sulfide) groups is 1. The Morgan fingerprint density at radius 1 is 1.11 bits per heavy atom. The van der Waals surface area contributed by atoms with Gasteiger partial charge in [-0.3, -0.25) is 14.2 Å². The van der Waals surface area contributed by atoms with Crippen LogP contribution in [0.15, 0.2) is 66.1 Å². The summed E-state index contributed by atoms with van der Waals surface area (Å²) in [7, 11) is 0. The number of hydrogen-bond acceptors (Lipinski definition) is 5. The minimum atomic E-state index is -0.295. The summed E-state index contributed by atoms with van der Waals surface area (Å²) in [6.45, 7) is 3.96. The molecule has 0 aliphatic heterocycles. The monoisotopic (exact) mass is 394 g/mol. The van der Waals surface area contributed by atoms with Gasteiger partial charge in [-0.25, -0.2) is 0 Å². The number of nitrogens with one attached hydrogen (secondary N) is 1. The predicted molar refractivity (Wildman–Crippen MR) is 110 cm³/mol. The Labute approximate surface area is 168 Å². The molecule has 0 aliphatic carbocycles. The second-order valence-electron chi connectivity index (χ2n) is 6.37. The van der Waals surface area contributed by atoms with Crippen molar-refractivity contribution < 1.29 is 9.59 Å². The highest BCUT2D eigenvalue weighted by molar-refractivity contribution is 8.00. The zero-order valence-corrected chi connectivity index (χ0v) is 16.6. The second kappa shape index (κ2) is 9.32. The highest BCUT2D eigenvalue weighted by Crippen LogP contribution is 2.26. The Morgan fingerprint density at radius 3 is 2.50 bits per heavy atom. The fourth-order valence-corrected chi connectivity index (χ4v) is 3.66. The molecule has 1 N–H and O–H groups in total. The number of Topliss-reactive ketones (excluding diaryl/α,β-unsaturated/α-hetero) is 1. The Kier molecular flexibility index (Phi) is 6.60. The third kappa shape index (κ3) is 5.07. The van der Waals surface area contributed by atoms with Crippen LogP contribution in [0.4, 0.5) is 0 Å². The standard InChI is InChI=1S/C21H22N4O2S/c1-15(28-21-24-23-14-25(21)19-6-4-3-5-7-19)20(27)18-10-8-17(9-11-18)12-13-22-16(2)26/h3-11,14-15H,12-13H2,1-2H3,(H,22,26). The molecule has 1 amide bonds. The molecule has 1 atom stereocenters. The molecule has 3 rings (SSSR count). The molecule has 1 aromatic heterocycles. The number of ketones is 1. The molecule has 7 heteroatoms. The average molecular weight is 395 g/mol. The van der Waals surface area contributed by atoms with E-state index in [2.05, 4.69) is 15.5 Å². The van der Waals surface area contributed by atoms with Crippen molar-refractivity contribution in [2.75, 3.05) is 6.54 Å². The summed E-state index contributed by atoms with van der Waals surface area (Å²) in [6.07, 6.45) is 2.39. The van der Waals surface area contributed by atoms with Crippen molar-refractivity contribution in [1.29, 1.82) is 0 Å². The van der Waals surface area contributed by atoms with Gasteiger partial charge in [0.15, 0.2) is 10.9 Å². The van der Waals surface area contributed by atoms with E-state index in [9.17, 15) is 9.59 Å². The molecule has 6 nitrogen and oxygen atoms in total. The Bertz CT molecular complexity index is 939. The van der Waals surface area contributed by atoms with Crippen molar-refractivity contribution in [3.05, 3.63) is 72.1 Å². The van der Waals surface area contributed by atoms with Crippen LogP contribution >= 0.6 is 11.8 Å². The number of benzene rings is 2. The second-order valence-corrected chi connectivity index (χ2v) is 7.68. The molecule has 0 fully saturated rings. The van der Waals surface area contributed by atoms with E-state index >= 15 is 0 Å². The number of hydrogen-bond donors (Lipinski definition) is 1. The number of aromatic nitrogens is 3. The van der Waals surface area contributed by atoms with Crippen LogP contribution in [-0.2, 0) is 11.2 Å². The summed E-state index contributed by atoms with van der Waals surface area (Å²) in [5.41, 5.74) is 2.70. The molecule has 0 saturated carbocycles. The van der Waals surface area contributed by atoms with Crippen molar-refractivity contribution >= 4 is 23.5 Å². The van der Waals surface area contributed by atoms with Gasteiger partial charge in [0.25, 0.3) is 0 Å².